The molecule has 0 aromatic heterocycles. The molecule has 1 amide bonds. The number of ether oxygens (including phenoxy) is 5. The van der Waals surface area contributed by atoms with Gasteiger partial charge in [-0.3, -0.25) is 19.2 Å². The lowest BCUT2D eigenvalue weighted by molar-refractivity contribution is -0.265. The van der Waals surface area contributed by atoms with Crippen LogP contribution in [0, 0.1) is 35.5 Å². The van der Waals surface area contributed by atoms with Crippen molar-refractivity contribution in [2.24, 2.45) is 35.5 Å². The number of hydrogen-bond donors (Lipinski definition) is 3. The fourth-order valence-electron chi connectivity index (χ4n) is 10.4. The molecule has 3 fully saturated rings. The number of rotatable bonds is 7. The van der Waals surface area contributed by atoms with Crippen LogP contribution in [0.25, 0.3) is 0 Å². The van der Waals surface area contributed by atoms with Crippen LogP contribution in [0.5, 0.6) is 0 Å². The Kier molecular flexibility index (Phi) is 21.6. The minimum absolute atomic E-state index is 0.0188. The number of carbonyl (C=O) groups excluding carboxylic acids is 5. The topological polar surface area (TPSA) is 195 Å². The van der Waals surface area contributed by atoms with Crippen molar-refractivity contribution < 1.29 is 63.0 Å². The summed E-state index contributed by atoms with van der Waals surface area (Å²) in [5.74, 6) is -7.86. The lowest BCUT2D eigenvalue weighted by atomic mass is 9.78. The van der Waals surface area contributed by atoms with Gasteiger partial charge in [0.05, 0.1) is 24.4 Å². The zero-order chi connectivity index (χ0) is 48.9. The predicted molar refractivity (Wildman–Crippen MR) is 250 cm³/mol. The third-order valence-electron chi connectivity index (χ3n) is 14.8. The molecule has 0 aromatic carbocycles. The van der Waals surface area contributed by atoms with E-state index in [0.717, 1.165) is 12.0 Å². The van der Waals surface area contributed by atoms with Crippen LogP contribution in [0.15, 0.2) is 47.6 Å². The van der Waals surface area contributed by atoms with E-state index in [-0.39, 0.29) is 54.8 Å². The molecule has 66 heavy (non-hydrogen) atoms. The van der Waals surface area contributed by atoms with Gasteiger partial charge in [-0.2, -0.15) is 0 Å². The van der Waals surface area contributed by atoms with Crippen molar-refractivity contribution in [2.75, 3.05) is 27.9 Å². The van der Waals surface area contributed by atoms with E-state index in [1.54, 1.807) is 34.1 Å². The molecule has 4 rings (SSSR count). The first-order valence-electron chi connectivity index (χ1n) is 24.5. The Labute approximate surface area is 393 Å². The van der Waals surface area contributed by atoms with Crippen LogP contribution >= 0.6 is 0 Å². The van der Waals surface area contributed by atoms with Crippen LogP contribution in [-0.4, -0.2) is 132 Å². The summed E-state index contributed by atoms with van der Waals surface area (Å²) in [6.45, 7) is 12.9. The van der Waals surface area contributed by atoms with Gasteiger partial charge in [-0.05, 0) is 113 Å². The first-order chi connectivity index (χ1) is 31.3. The molecular formula is C52H81NO13. The summed E-state index contributed by atoms with van der Waals surface area (Å²) in [5, 5.41) is 34.0. The Bertz CT molecular complexity index is 1770. The molecule has 2 saturated heterocycles. The monoisotopic (exact) mass is 928 g/mol. The summed E-state index contributed by atoms with van der Waals surface area (Å²) < 4.78 is 29.5. The number of allylic oxidation sites excluding steroid dienone is 6. The molecule has 372 valence electrons. The zero-order valence-corrected chi connectivity index (χ0v) is 41.3. The van der Waals surface area contributed by atoms with Gasteiger partial charge >= 0.3 is 5.97 Å². The molecule has 0 spiro atoms. The smallest absolute Gasteiger partial charge is 0.329 e. The normalized spacial score (nSPS) is 37.4. The highest BCUT2D eigenvalue weighted by atomic mass is 16.6. The van der Waals surface area contributed by atoms with Crippen LogP contribution in [0.2, 0.25) is 0 Å². The van der Waals surface area contributed by atoms with Crippen molar-refractivity contribution in [3.63, 3.8) is 0 Å². The molecule has 1 saturated carbocycles. The number of aliphatic hydroxyl groups is 3. The Morgan fingerprint density at radius 2 is 1.59 bits per heavy atom. The number of fused-ring (bicyclic) bond motifs is 3. The molecule has 14 nitrogen and oxygen atoms in total. The molecule has 3 aliphatic heterocycles. The van der Waals surface area contributed by atoms with E-state index in [2.05, 4.69) is 0 Å². The molecule has 0 aromatic rings. The first kappa shape index (κ1) is 55.2. The highest BCUT2D eigenvalue weighted by Gasteiger charge is 2.53. The van der Waals surface area contributed by atoms with Gasteiger partial charge in [-0.25, -0.2) is 4.79 Å². The Balaban J connectivity index is 1.72. The van der Waals surface area contributed by atoms with Crippen molar-refractivity contribution in [3.8, 4) is 0 Å². The van der Waals surface area contributed by atoms with Gasteiger partial charge in [-0.1, -0.05) is 71.1 Å². The minimum Gasteiger partial charge on any atom is -0.460 e. The van der Waals surface area contributed by atoms with Crippen LogP contribution in [0.4, 0.5) is 0 Å². The molecule has 4 aliphatic rings. The molecule has 15 atom stereocenters. The number of ketones is 3. The van der Waals surface area contributed by atoms with Crippen LogP contribution in [-0.2, 0) is 47.7 Å². The van der Waals surface area contributed by atoms with Gasteiger partial charge in [0.25, 0.3) is 11.7 Å². The Morgan fingerprint density at radius 3 is 2.26 bits per heavy atom. The number of cyclic esters (lactones) is 1. The number of hydrogen-bond acceptors (Lipinski definition) is 13. The van der Waals surface area contributed by atoms with Crippen molar-refractivity contribution in [2.45, 2.75) is 186 Å². The third-order valence-corrected chi connectivity index (χ3v) is 14.8. The number of esters is 1. The molecule has 1 aliphatic carbocycles. The lowest BCUT2D eigenvalue weighted by Crippen LogP contribution is -2.61. The number of carbonyl (C=O) groups is 5. The number of piperidine rings is 1. The molecule has 15 unspecified atom stereocenters. The second-order valence-corrected chi connectivity index (χ2v) is 19.8. The van der Waals surface area contributed by atoms with Crippen molar-refractivity contribution in [3.05, 3.63) is 47.6 Å². The summed E-state index contributed by atoms with van der Waals surface area (Å²) in [7, 11) is 4.53. The Hall–Kier alpha value is -3.37. The molecule has 2 bridgehead atoms. The van der Waals surface area contributed by atoms with E-state index in [1.165, 1.54) is 12.0 Å². The first-order valence-corrected chi connectivity index (χ1v) is 24.5. The summed E-state index contributed by atoms with van der Waals surface area (Å²) in [6.07, 6.45) is 11.6. The zero-order valence-electron chi connectivity index (χ0n) is 41.3. The number of methoxy groups -OCH3 is 3. The van der Waals surface area contributed by atoms with E-state index in [9.17, 15) is 39.3 Å². The van der Waals surface area contributed by atoms with Gasteiger partial charge in [0, 0.05) is 58.5 Å². The van der Waals surface area contributed by atoms with Crippen molar-refractivity contribution in [1.29, 1.82) is 0 Å². The van der Waals surface area contributed by atoms with Crippen LogP contribution in [0.1, 0.15) is 132 Å². The maximum absolute atomic E-state index is 14.4. The highest BCUT2D eigenvalue weighted by molar-refractivity contribution is 6.39. The standard InChI is InChI=1S/C52H81NO13/c1-11-38-27-35(6)47(57)48(64-10)46(56)34(5)25-31(2)17-13-12-14-18-32(3)43(62-8)29-39-22-20-36(7)52(61,66-39)49(58)50(59)53-24-16-15-19-40(53)51(60)65-44(30-42(38)55)33(4)26-37-21-23-41(54)45(28-37)63-9/h12-14,17-18,27,31,33-34,36-41,43-45,47-48,54,57,61H,11,15-16,19-26,28-30H2,1-10H3. The van der Waals surface area contributed by atoms with E-state index in [1.807, 2.05) is 65.0 Å². The van der Waals surface area contributed by atoms with E-state index in [0.29, 0.717) is 69.8 Å². The number of amides is 1. The van der Waals surface area contributed by atoms with Gasteiger partial charge in [0.15, 0.2) is 5.78 Å². The molecular weight excluding hydrogens is 847 g/mol. The SMILES string of the molecule is CCC1C=C(C)C(O)C(OC)C(=O)C(C)CC(C)C=CC=CC=C(C)C(OC)CC2CCC(C)C(O)(O2)C(=O)C(=O)N2CCCCC2C(=O)OC(C(C)CC2CCC(O)C(OC)C2)CC1=O. The summed E-state index contributed by atoms with van der Waals surface area (Å²) in [5.41, 5.74) is 1.29. The van der Waals surface area contributed by atoms with Crippen molar-refractivity contribution >= 4 is 29.2 Å². The maximum atomic E-state index is 14.4. The second-order valence-electron chi connectivity index (χ2n) is 19.8. The minimum atomic E-state index is -2.43. The largest absolute Gasteiger partial charge is 0.460 e. The second kappa shape index (κ2) is 25.8. The predicted octanol–water partition coefficient (Wildman–Crippen LogP) is 6.57. The molecule has 3 heterocycles. The fraction of sp³-hybridized carbons (Fsp3) is 0.750. The average Bonchev–Trinajstić information content (AvgIpc) is 3.30. The van der Waals surface area contributed by atoms with Gasteiger partial charge in [-0.15, -0.1) is 0 Å². The number of nitrogens with zero attached hydrogens (tertiary/aromatic N) is 1. The molecule has 14 heteroatoms. The van der Waals surface area contributed by atoms with Crippen molar-refractivity contribution in [1.82, 2.24) is 4.90 Å². The van der Waals surface area contributed by atoms with Gasteiger partial charge in [0.2, 0.25) is 5.79 Å². The van der Waals surface area contributed by atoms with Gasteiger partial charge in [0.1, 0.15) is 30.1 Å². The van der Waals surface area contributed by atoms with Crippen LogP contribution in [0.3, 0.4) is 0 Å². The van der Waals surface area contributed by atoms with E-state index >= 15 is 0 Å². The molecule has 3 N–H and O–H groups in total. The highest BCUT2D eigenvalue weighted by Crippen LogP contribution is 2.38. The number of aliphatic hydroxyl groups excluding tert-OH is 2. The van der Waals surface area contributed by atoms with E-state index < -0.39 is 83.9 Å². The summed E-state index contributed by atoms with van der Waals surface area (Å²) >= 11 is 0. The summed E-state index contributed by atoms with van der Waals surface area (Å²) in [4.78, 5) is 72.2. The average molecular weight is 928 g/mol. The Morgan fingerprint density at radius 1 is 0.864 bits per heavy atom. The molecule has 0 radical (unpaired) electrons. The fourth-order valence-corrected chi connectivity index (χ4v) is 10.4. The van der Waals surface area contributed by atoms with E-state index in [4.69, 9.17) is 23.7 Å². The third kappa shape index (κ3) is 14.3. The maximum Gasteiger partial charge on any atom is 0.329 e. The van der Waals surface area contributed by atoms with Gasteiger partial charge < -0.3 is 43.9 Å². The number of Topliss-reactive ketones (excluding diaryl/α,β-unsaturated/α-hetero) is 3. The lowest BCUT2D eigenvalue weighted by Gasteiger charge is -2.42. The van der Waals surface area contributed by atoms with Crippen LogP contribution < -0.4 is 0 Å². The summed E-state index contributed by atoms with van der Waals surface area (Å²) in [6, 6.07) is -1.14. The quantitative estimate of drug-likeness (QED) is 0.141.